The van der Waals surface area contributed by atoms with Crippen LogP contribution in [0.1, 0.15) is 16.9 Å². The summed E-state index contributed by atoms with van der Waals surface area (Å²) in [6.07, 6.45) is 1.30. The topological polar surface area (TPSA) is 88.8 Å². The number of hydrogen-bond donors (Lipinski definition) is 2. The molecule has 0 spiro atoms. The average Bonchev–Trinajstić information content (AvgIpc) is 2.73. The van der Waals surface area contributed by atoms with Crippen LogP contribution in [0.2, 0.25) is 10.0 Å². The predicted octanol–water partition coefficient (Wildman–Crippen LogP) is 4.10. The van der Waals surface area contributed by atoms with Gasteiger partial charge < -0.3 is 14.3 Å². The van der Waals surface area contributed by atoms with E-state index in [1.807, 2.05) is 30.3 Å². The van der Waals surface area contributed by atoms with Gasteiger partial charge in [0.05, 0.1) is 0 Å². The third-order valence-corrected chi connectivity index (χ3v) is 4.93. The van der Waals surface area contributed by atoms with E-state index in [-0.39, 0.29) is 12.4 Å². The third kappa shape index (κ3) is 6.10. The van der Waals surface area contributed by atoms with Crippen LogP contribution in [0.4, 0.5) is 0 Å². The molecule has 8 heteroatoms. The molecule has 0 amide bonds. The van der Waals surface area contributed by atoms with E-state index >= 15 is 0 Å². The first-order chi connectivity index (χ1) is 14.4. The summed E-state index contributed by atoms with van der Waals surface area (Å²) in [5, 5.41) is 13.4. The quantitative estimate of drug-likeness (QED) is 0.505. The first-order valence-corrected chi connectivity index (χ1v) is 9.86. The molecule has 0 aliphatic heterocycles. The molecule has 30 heavy (non-hydrogen) atoms. The van der Waals surface area contributed by atoms with Crippen LogP contribution in [0.15, 0.2) is 70.1 Å². The number of esters is 1. The van der Waals surface area contributed by atoms with Gasteiger partial charge in [-0.3, -0.25) is 14.9 Å². The second kappa shape index (κ2) is 10.3. The molecule has 1 atom stereocenters. The highest BCUT2D eigenvalue weighted by molar-refractivity contribution is 6.35. The van der Waals surface area contributed by atoms with Crippen molar-refractivity contribution in [2.45, 2.75) is 25.6 Å². The summed E-state index contributed by atoms with van der Waals surface area (Å²) in [6.45, 7) is 0.0971. The number of carbonyl (C=O) groups excluding carboxylic acids is 1. The number of carbonyl (C=O) groups is 1. The van der Waals surface area contributed by atoms with Crippen molar-refractivity contribution >= 4 is 29.2 Å². The smallest absolute Gasteiger partial charge is 0.323 e. The largest absolute Gasteiger partial charge is 0.502 e. The maximum absolute atomic E-state index is 12.7. The highest BCUT2D eigenvalue weighted by atomic mass is 35.5. The Morgan fingerprint density at radius 2 is 1.90 bits per heavy atom. The van der Waals surface area contributed by atoms with Gasteiger partial charge in [-0.1, -0.05) is 59.6 Å². The van der Waals surface area contributed by atoms with E-state index in [9.17, 15) is 14.7 Å². The predicted molar refractivity (Wildman–Crippen MR) is 114 cm³/mol. The van der Waals surface area contributed by atoms with E-state index in [1.165, 1.54) is 0 Å². The lowest BCUT2D eigenvalue weighted by atomic mass is 10.1. The van der Waals surface area contributed by atoms with Gasteiger partial charge in [-0.05, 0) is 29.7 Å². The van der Waals surface area contributed by atoms with Crippen LogP contribution < -0.4 is 10.7 Å². The van der Waals surface area contributed by atoms with E-state index in [0.29, 0.717) is 23.0 Å². The van der Waals surface area contributed by atoms with Crippen LogP contribution in [0.25, 0.3) is 0 Å². The minimum Gasteiger partial charge on any atom is -0.502 e. The zero-order valence-electron chi connectivity index (χ0n) is 15.8. The molecule has 2 aromatic carbocycles. The van der Waals surface area contributed by atoms with Crippen molar-refractivity contribution in [3.8, 4) is 5.75 Å². The first-order valence-electron chi connectivity index (χ1n) is 9.11. The highest BCUT2D eigenvalue weighted by Crippen LogP contribution is 2.21. The van der Waals surface area contributed by atoms with Crippen LogP contribution in [0.5, 0.6) is 5.75 Å². The molecule has 0 aliphatic carbocycles. The Balaban J connectivity index is 1.69. The van der Waals surface area contributed by atoms with Gasteiger partial charge >= 0.3 is 5.97 Å². The highest BCUT2D eigenvalue weighted by Gasteiger charge is 2.21. The second-order valence-corrected chi connectivity index (χ2v) is 7.41. The molecule has 1 aromatic heterocycles. The Labute approximate surface area is 183 Å². The van der Waals surface area contributed by atoms with Gasteiger partial charge in [0.2, 0.25) is 5.43 Å². The number of hydrogen-bond acceptors (Lipinski definition) is 6. The van der Waals surface area contributed by atoms with E-state index < -0.39 is 23.2 Å². The fourth-order valence-electron chi connectivity index (χ4n) is 2.75. The van der Waals surface area contributed by atoms with Gasteiger partial charge in [-0.2, -0.15) is 0 Å². The number of halogens is 2. The molecular weight excluding hydrogens is 429 g/mol. The minimum atomic E-state index is -0.664. The summed E-state index contributed by atoms with van der Waals surface area (Å²) >= 11 is 12.2. The molecule has 0 saturated heterocycles. The Morgan fingerprint density at radius 1 is 1.13 bits per heavy atom. The molecule has 6 nitrogen and oxygen atoms in total. The summed E-state index contributed by atoms with van der Waals surface area (Å²) in [5.74, 6) is -0.890. The van der Waals surface area contributed by atoms with Gasteiger partial charge in [0.25, 0.3) is 0 Å². The molecule has 0 saturated carbocycles. The monoisotopic (exact) mass is 447 g/mol. The number of ether oxygens (including phenoxy) is 1. The fraction of sp³-hybridized carbons (Fsp3) is 0.182. The van der Waals surface area contributed by atoms with Crippen LogP contribution in [0.3, 0.4) is 0 Å². The molecule has 3 rings (SSSR count). The minimum absolute atomic E-state index is 0.130. The molecule has 0 aliphatic rings. The third-order valence-electron chi connectivity index (χ3n) is 4.34. The van der Waals surface area contributed by atoms with Gasteiger partial charge in [0, 0.05) is 22.7 Å². The lowest BCUT2D eigenvalue weighted by molar-refractivity contribution is -0.148. The maximum atomic E-state index is 12.7. The molecule has 0 radical (unpaired) electrons. The average molecular weight is 448 g/mol. The van der Waals surface area contributed by atoms with Crippen LogP contribution in [-0.2, 0) is 29.1 Å². The van der Waals surface area contributed by atoms with E-state index in [4.69, 9.17) is 32.4 Å². The Hall–Kier alpha value is -2.80. The molecule has 0 fully saturated rings. The van der Waals surface area contributed by atoms with E-state index in [0.717, 1.165) is 23.5 Å². The van der Waals surface area contributed by atoms with E-state index in [2.05, 4.69) is 5.32 Å². The van der Waals surface area contributed by atoms with Crippen molar-refractivity contribution in [1.29, 1.82) is 0 Å². The molecule has 156 valence electrons. The molecule has 3 aromatic rings. The van der Waals surface area contributed by atoms with Gasteiger partial charge in [-0.15, -0.1) is 0 Å². The lowest BCUT2D eigenvalue weighted by Gasteiger charge is -2.18. The number of rotatable bonds is 8. The normalized spacial score (nSPS) is 11.8. The van der Waals surface area contributed by atoms with E-state index in [1.54, 1.807) is 18.2 Å². The van der Waals surface area contributed by atoms with Gasteiger partial charge in [0.15, 0.2) is 5.75 Å². The lowest BCUT2D eigenvalue weighted by Crippen LogP contribution is -2.39. The first kappa shape index (κ1) is 21.9. The Morgan fingerprint density at radius 3 is 2.60 bits per heavy atom. The van der Waals surface area contributed by atoms with Crippen molar-refractivity contribution in [3.63, 3.8) is 0 Å². The summed E-state index contributed by atoms with van der Waals surface area (Å²) in [7, 11) is 0. The molecular formula is C22H19Cl2NO5. The number of aromatic hydroxyl groups is 1. The molecule has 0 bridgehead atoms. The Kier molecular flexibility index (Phi) is 7.52. The summed E-state index contributed by atoms with van der Waals surface area (Å²) in [5.41, 5.74) is 1.13. The van der Waals surface area contributed by atoms with Gasteiger partial charge in [0.1, 0.15) is 24.7 Å². The Bertz CT molecular complexity index is 1070. The molecule has 1 heterocycles. The standard InChI is InChI=1S/C22H19Cl2NO5/c23-16-7-6-15(18(24)9-16)11-25-19(8-14-4-2-1-3-5-14)22(28)30-12-17-10-20(26)21(27)13-29-17/h1-7,9-10,13,19,25,27H,8,11-12H2/t19-/m0/s1. The summed E-state index contributed by atoms with van der Waals surface area (Å²) in [4.78, 5) is 24.2. The van der Waals surface area contributed by atoms with Crippen molar-refractivity contribution < 1.29 is 19.1 Å². The van der Waals surface area contributed by atoms with Crippen LogP contribution in [-0.4, -0.2) is 17.1 Å². The number of benzene rings is 2. The number of nitrogens with one attached hydrogen (secondary N) is 1. The zero-order chi connectivity index (χ0) is 21.5. The maximum Gasteiger partial charge on any atom is 0.323 e. The molecule has 2 N–H and O–H groups in total. The van der Waals surface area contributed by atoms with Crippen LogP contribution >= 0.6 is 23.2 Å². The van der Waals surface area contributed by atoms with Crippen molar-refractivity contribution in [1.82, 2.24) is 5.32 Å². The SMILES string of the molecule is O=C(OCc1cc(=O)c(O)co1)[C@H](Cc1ccccc1)NCc1ccc(Cl)cc1Cl. The van der Waals surface area contributed by atoms with Crippen LogP contribution in [0, 0.1) is 0 Å². The van der Waals surface area contributed by atoms with Crippen molar-refractivity contribution in [2.75, 3.05) is 0 Å². The van der Waals surface area contributed by atoms with Crippen molar-refractivity contribution in [3.05, 3.63) is 98.0 Å². The second-order valence-electron chi connectivity index (χ2n) is 6.56. The fourth-order valence-corrected chi connectivity index (χ4v) is 3.22. The summed E-state index contributed by atoms with van der Waals surface area (Å²) in [6, 6.07) is 15.1. The molecule has 0 unspecified atom stereocenters. The summed E-state index contributed by atoms with van der Waals surface area (Å²) < 4.78 is 10.4. The zero-order valence-corrected chi connectivity index (χ0v) is 17.3. The van der Waals surface area contributed by atoms with Crippen molar-refractivity contribution in [2.24, 2.45) is 0 Å². The van der Waals surface area contributed by atoms with Gasteiger partial charge in [-0.25, -0.2) is 0 Å².